The minimum Gasteiger partial charge on any atom is -0.493 e. The number of hydrogen-bond acceptors (Lipinski definition) is 7. The fourth-order valence-electron chi connectivity index (χ4n) is 3.75. The number of benzene rings is 3. The molecule has 1 amide bonds. The van der Waals surface area contributed by atoms with E-state index in [0.717, 1.165) is 12.0 Å². The Morgan fingerprint density at radius 2 is 1.59 bits per heavy atom. The summed E-state index contributed by atoms with van der Waals surface area (Å²) in [5.74, 6) is 2.09. The van der Waals surface area contributed by atoms with Crippen LogP contribution in [-0.2, 0) is 17.6 Å². The number of carbonyl (C=O) groups is 1. The van der Waals surface area contributed by atoms with Gasteiger partial charge in [0.2, 0.25) is 11.2 Å². The number of amides is 1. The van der Waals surface area contributed by atoms with Crippen LogP contribution in [-0.4, -0.2) is 33.3 Å². The highest BCUT2D eigenvalue weighted by Crippen LogP contribution is 2.28. The maximum absolute atomic E-state index is 12.8. The first-order valence-corrected chi connectivity index (χ1v) is 11.9. The van der Waals surface area contributed by atoms with Crippen LogP contribution in [0.15, 0.2) is 76.1 Å². The molecular weight excluding hydrogens is 474 g/mol. The van der Waals surface area contributed by atoms with Crippen LogP contribution in [0.4, 0.5) is 0 Å². The van der Waals surface area contributed by atoms with E-state index in [1.807, 2.05) is 42.5 Å². The normalized spacial score (nSPS) is 10.7. The van der Waals surface area contributed by atoms with E-state index in [4.69, 9.17) is 23.4 Å². The van der Waals surface area contributed by atoms with Gasteiger partial charge in [-0.25, -0.2) is 0 Å². The van der Waals surface area contributed by atoms with Gasteiger partial charge in [-0.15, -0.1) is 0 Å². The molecule has 0 saturated heterocycles. The first-order valence-electron chi connectivity index (χ1n) is 11.9. The molecule has 8 nitrogen and oxygen atoms in total. The molecule has 0 spiro atoms. The second-order valence-electron chi connectivity index (χ2n) is 8.26. The summed E-state index contributed by atoms with van der Waals surface area (Å²) in [7, 11) is 3.16. The molecule has 1 N–H and O–H groups in total. The summed E-state index contributed by atoms with van der Waals surface area (Å²) < 4.78 is 27.5. The summed E-state index contributed by atoms with van der Waals surface area (Å²) in [5, 5.41) is 3.18. The lowest BCUT2D eigenvalue weighted by molar-refractivity contribution is -0.123. The number of aryl methyl sites for hydroxylation is 1. The van der Waals surface area contributed by atoms with Crippen LogP contribution in [0.3, 0.4) is 0 Å². The summed E-state index contributed by atoms with van der Waals surface area (Å²) in [6, 6.07) is 18.0. The Hall–Kier alpha value is -4.46. The minimum atomic E-state index is -0.291. The Bertz CT molecular complexity index is 1430. The van der Waals surface area contributed by atoms with E-state index in [9.17, 15) is 9.59 Å². The number of fused-ring (bicyclic) bond motifs is 1. The van der Waals surface area contributed by atoms with E-state index in [1.54, 1.807) is 32.4 Å². The lowest BCUT2D eigenvalue weighted by Gasteiger charge is -2.11. The van der Waals surface area contributed by atoms with Crippen molar-refractivity contribution in [3.05, 3.63) is 88.3 Å². The molecule has 0 aliphatic carbocycles. The molecule has 3 aromatic carbocycles. The zero-order valence-corrected chi connectivity index (χ0v) is 21.0. The highest BCUT2D eigenvalue weighted by molar-refractivity contribution is 5.80. The number of carbonyl (C=O) groups excluding carboxylic acids is 1. The van der Waals surface area contributed by atoms with Gasteiger partial charge in [0, 0.05) is 12.6 Å². The first-order chi connectivity index (χ1) is 18.0. The molecule has 0 atom stereocenters. The monoisotopic (exact) mass is 503 g/mol. The van der Waals surface area contributed by atoms with E-state index in [1.165, 1.54) is 11.8 Å². The lowest BCUT2D eigenvalue weighted by Crippen LogP contribution is -2.30. The van der Waals surface area contributed by atoms with Crippen molar-refractivity contribution in [3.8, 4) is 28.7 Å². The largest absolute Gasteiger partial charge is 0.493 e. The highest BCUT2D eigenvalue weighted by Gasteiger charge is 2.11. The third kappa shape index (κ3) is 6.41. The molecule has 8 heteroatoms. The molecule has 4 aromatic rings. The van der Waals surface area contributed by atoms with Gasteiger partial charge in [-0.2, -0.15) is 0 Å². The standard InChI is InChI=1S/C29H29NO7/c1-4-19-5-8-21(9-6-19)37-27-17-36-25-16-22(10-11-23(25)29(27)32)35-18-28(31)30-14-13-20-7-12-24(33-2)26(15-20)34-3/h5-12,15-17H,4,13-14,18H2,1-3H3,(H,30,31). The van der Waals surface area contributed by atoms with Crippen LogP contribution >= 0.6 is 0 Å². The van der Waals surface area contributed by atoms with Crippen molar-refractivity contribution >= 4 is 16.9 Å². The van der Waals surface area contributed by atoms with Gasteiger partial charge >= 0.3 is 0 Å². The van der Waals surface area contributed by atoms with E-state index in [2.05, 4.69) is 12.2 Å². The van der Waals surface area contributed by atoms with Crippen molar-refractivity contribution < 1.29 is 28.2 Å². The summed E-state index contributed by atoms with van der Waals surface area (Å²) in [6.07, 6.45) is 2.83. The van der Waals surface area contributed by atoms with Gasteiger partial charge in [0.1, 0.15) is 23.3 Å². The maximum Gasteiger partial charge on any atom is 0.257 e. The van der Waals surface area contributed by atoms with Gasteiger partial charge < -0.3 is 28.7 Å². The van der Waals surface area contributed by atoms with Crippen molar-refractivity contribution in [1.82, 2.24) is 5.32 Å². The second kappa shape index (κ2) is 12.0. The average Bonchev–Trinajstić information content (AvgIpc) is 2.93. The molecular formula is C29H29NO7. The molecule has 4 rings (SSSR count). The van der Waals surface area contributed by atoms with E-state index in [-0.39, 0.29) is 23.7 Å². The van der Waals surface area contributed by atoms with Gasteiger partial charge in [0.15, 0.2) is 18.1 Å². The van der Waals surface area contributed by atoms with Gasteiger partial charge in [0.25, 0.3) is 5.91 Å². The Morgan fingerprint density at radius 1 is 0.865 bits per heavy atom. The Kier molecular flexibility index (Phi) is 8.30. The Morgan fingerprint density at radius 3 is 2.32 bits per heavy atom. The second-order valence-corrected chi connectivity index (χ2v) is 8.26. The Labute approximate surface area is 214 Å². The number of ether oxygens (including phenoxy) is 4. The summed E-state index contributed by atoms with van der Waals surface area (Å²) in [4.78, 5) is 25.1. The van der Waals surface area contributed by atoms with Crippen LogP contribution in [0.1, 0.15) is 18.1 Å². The number of methoxy groups -OCH3 is 2. The van der Waals surface area contributed by atoms with Crippen molar-refractivity contribution in [2.45, 2.75) is 19.8 Å². The number of nitrogens with one attached hydrogen (secondary N) is 1. The van der Waals surface area contributed by atoms with Crippen molar-refractivity contribution in [3.63, 3.8) is 0 Å². The van der Waals surface area contributed by atoms with Crippen molar-refractivity contribution in [1.29, 1.82) is 0 Å². The van der Waals surface area contributed by atoms with Crippen LogP contribution < -0.4 is 29.7 Å². The van der Waals surface area contributed by atoms with Crippen LogP contribution in [0.25, 0.3) is 11.0 Å². The SMILES string of the molecule is CCc1ccc(Oc2coc3cc(OCC(=O)NCCc4ccc(OC)c(OC)c4)ccc3c2=O)cc1. The molecule has 192 valence electrons. The number of hydrogen-bond donors (Lipinski definition) is 1. The smallest absolute Gasteiger partial charge is 0.257 e. The molecule has 0 aliphatic heterocycles. The average molecular weight is 504 g/mol. The zero-order chi connectivity index (χ0) is 26.2. The van der Waals surface area contributed by atoms with Crippen molar-refractivity contribution in [2.24, 2.45) is 0 Å². The third-order valence-electron chi connectivity index (χ3n) is 5.83. The number of rotatable bonds is 11. The van der Waals surface area contributed by atoms with E-state index < -0.39 is 0 Å². The fourth-order valence-corrected chi connectivity index (χ4v) is 3.75. The van der Waals surface area contributed by atoms with Crippen LogP contribution in [0.5, 0.6) is 28.7 Å². The predicted molar refractivity (Wildman–Crippen MR) is 140 cm³/mol. The van der Waals surface area contributed by atoms with E-state index in [0.29, 0.717) is 46.9 Å². The fraction of sp³-hybridized carbons (Fsp3) is 0.241. The molecule has 0 unspecified atom stereocenters. The third-order valence-corrected chi connectivity index (χ3v) is 5.83. The summed E-state index contributed by atoms with van der Waals surface area (Å²) in [5.41, 5.74) is 2.23. The van der Waals surface area contributed by atoms with Crippen LogP contribution in [0, 0.1) is 0 Å². The maximum atomic E-state index is 12.8. The lowest BCUT2D eigenvalue weighted by atomic mass is 10.1. The molecule has 1 heterocycles. The molecule has 0 saturated carbocycles. The van der Waals surface area contributed by atoms with Gasteiger partial charge in [-0.05, 0) is 60.4 Å². The summed E-state index contributed by atoms with van der Waals surface area (Å²) in [6.45, 7) is 2.34. The molecule has 0 fully saturated rings. The highest BCUT2D eigenvalue weighted by atomic mass is 16.5. The van der Waals surface area contributed by atoms with Gasteiger partial charge in [-0.3, -0.25) is 9.59 Å². The topological polar surface area (TPSA) is 96.2 Å². The molecule has 37 heavy (non-hydrogen) atoms. The molecule has 0 aliphatic rings. The van der Waals surface area contributed by atoms with E-state index >= 15 is 0 Å². The van der Waals surface area contributed by atoms with Gasteiger partial charge in [-0.1, -0.05) is 25.1 Å². The Balaban J connectivity index is 1.31. The van der Waals surface area contributed by atoms with Gasteiger partial charge in [0.05, 0.1) is 19.6 Å². The zero-order valence-electron chi connectivity index (χ0n) is 21.0. The quantitative estimate of drug-likeness (QED) is 0.311. The summed E-state index contributed by atoms with van der Waals surface area (Å²) >= 11 is 0. The molecule has 0 radical (unpaired) electrons. The van der Waals surface area contributed by atoms with Crippen LogP contribution in [0.2, 0.25) is 0 Å². The minimum absolute atomic E-state index is 0.0966. The molecule has 0 bridgehead atoms. The molecule has 1 aromatic heterocycles. The first kappa shape index (κ1) is 25.6. The van der Waals surface area contributed by atoms with Crippen molar-refractivity contribution in [2.75, 3.05) is 27.4 Å². The predicted octanol–water partition coefficient (Wildman–Crippen LogP) is 4.90.